The zero-order valence-corrected chi connectivity index (χ0v) is 21.9. The lowest BCUT2D eigenvalue weighted by molar-refractivity contribution is -0.134. The summed E-state index contributed by atoms with van der Waals surface area (Å²) < 4.78 is 25.5. The molecule has 0 bridgehead atoms. The van der Waals surface area contributed by atoms with Gasteiger partial charge >= 0.3 is 5.97 Å². The van der Waals surface area contributed by atoms with Gasteiger partial charge in [0.2, 0.25) is 10.0 Å². The first kappa shape index (κ1) is 26.3. The number of aromatic nitrogens is 1. The zero-order valence-electron chi connectivity index (χ0n) is 20.3. The van der Waals surface area contributed by atoms with Gasteiger partial charge in [0.15, 0.2) is 5.75 Å². The molecule has 1 aliphatic rings. The summed E-state index contributed by atoms with van der Waals surface area (Å²) >= 11 is 1.46. The summed E-state index contributed by atoms with van der Waals surface area (Å²) in [6, 6.07) is 17.3. The largest absolute Gasteiger partial charge is 0.480 e. The van der Waals surface area contributed by atoms with Gasteiger partial charge in [0.25, 0.3) is 0 Å². The Morgan fingerprint density at radius 3 is 2.39 bits per heavy atom. The summed E-state index contributed by atoms with van der Waals surface area (Å²) in [7, 11) is -3.81. The fourth-order valence-electron chi connectivity index (χ4n) is 4.59. The maximum Gasteiger partial charge on any atom is 0.320 e. The molecule has 3 aromatic rings. The molecule has 1 aromatic heterocycles. The zero-order chi connectivity index (χ0) is 25.4. The van der Waals surface area contributed by atoms with Crippen molar-refractivity contribution in [3.05, 3.63) is 70.0 Å². The van der Waals surface area contributed by atoms with E-state index in [2.05, 4.69) is 39.3 Å². The molecule has 36 heavy (non-hydrogen) atoms. The van der Waals surface area contributed by atoms with Crippen LogP contribution in [0.2, 0.25) is 0 Å². The summed E-state index contributed by atoms with van der Waals surface area (Å²) in [5.74, 6) is -1.56. The van der Waals surface area contributed by atoms with E-state index in [-0.39, 0.29) is 6.54 Å². The van der Waals surface area contributed by atoms with Crippen LogP contribution in [-0.2, 0) is 27.7 Å². The number of carboxylic acids is 1. The van der Waals surface area contributed by atoms with Crippen LogP contribution in [0.4, 0.5) is 5.69 Å². The van der Waals surface area contributed by atoms with Gasteiger partial charge < -0.3 is 10.4 Å². The molecule has 0 aliphatic heterocycles. The van der Waals surface area contributed by atoms with Crippen LogP contribution in [0.1, 0.15) is 54.2 Å². The lowest BCUT2D eigenvalue weighted by Gasteiger charge is -2.22. The van der Waals surface area contributed by atoms with E-state index < -0.39 is 21.7 Å². The Morgan fingerprint density at radius 1 is 0.972 bits per heavy atom. The fraction of sp³-hybridized carbons (Fsp3) is 0.407. The average Bonchev–Trinajstić information content (AvgIpc) is 3.33. The Bertz CT molecular complexity index is 1230. The monoisotopic (exact) mass is 527 g/mol. The van der Waals surface area contributed by atoms with Crippen molar-refractivity contribution in [3.8, 4) is 11.3 Å². The van der Waals surface area contributed by atoms with Gasteiger partial charge in [-0.25, -0.2) is 18.1 Å². The highest BCUT2D eigenvalue weighted by Gasteiger charge is 2.16. The van der Waals surface area contributed by atoms with Crippen molar-refractivity contribution in [3.63, 3.8) is 0 Å². The molecule has 9 heteroatoms. The lowest BCUT2D eigenvalue weighted by Crippen LogP contribution is -2.31. The average molecular weight is 528 g/mol. The Labute approximate surface area is 217 Å². The Balaban J connectivity index is 1.22. The molecule has 1 fully saturated rings. The number of rotatable bonds is 12. The molecular weight excluding hydrogens is 494 g/mol. The number of hydrogen-bond acceptors (Lipinski definition) is 6. The minimum atomic E-state index is -3.81. The number of carbonyl (C=O) groups is 1. The molecule has 0 saturated heterocycles. The van der Waals surface area contributed by atoms with Crippen LogP contribution in [0.3, 0.4) is 0 Å². The van der Waals surface area contributed by atoms with Crippen molar-refractivity contribution in [1.29, 1.82) is 0 Å². The molecule has 1 saturated carbocycles. The maximum absolute atomic E-state index is 11.6. The first-order valence-electron chi connectivity index (χ1n) is 12.4. The van der Waals surface area contributed by atoms with Crippen molar-refractivity contribution in [1.82, 2.24) is 9.71 Å². The molecule has 4 rings (SSSR count). The van der Waals surface area contributed by atoms with Crippen molar-refractivity contribution < 1.29 is 18.3 Å². The molecule has 1 aliphatic carbocycles. The van der Waals surface area contributed by atoms with Gasteiger partial charge in [-0.2, -0.15) is 0 Å². The van der Waals surface area contributed by atoms with E-state index in [1.807, 2.05) is 29.6 Å². The highest BCUT2D eigenvalue weighted by molar-refractivity contribution is 7.90. The van der Waals surface area contributed by atoms with E-state index in [4.69, 9.17) is 5.11 Å². The third-order valence-electron chi connectivity index (χ3n) is 6.51. The van der Waals surface area contributed by atoms with Crippen LogP contribution in [0.15, 0.2) is 53.9 Å². The number of anilines is 1. The summed E-state index contributed by atoms with van der Waals surface area (Å²) in [6.45, 7) is 0.982. The standard InChI is InChI=1S/C27H33N3O4S2/c31-27(32)19-36(33,34)29-17-15-26-30-25(18-35-26)23-10-12-24(13-11-23)28-16-14-20-6-8-22(9-7-20)21-4-2-1-3-5-21/h6-13,18,21,28-29H,1-5,14-17,19H2,(H,31,32). The Kier molecular flexibility index (Phi) is 9.12. The summed E-state index contributed by atoms with van der Waals surface area (Å²) in [4.78, 5) is 15.2. The molecule has 7 nitrogen and oxygen atoms in total. The minimum absolute atomic E-state index is 0.120. The molecule has 0 unspecified atom stereocenters. The summed E-state index contributed by atoms with van der Waals surface area (Å²) in [6.07, 6.45) is 8.14. The molecular formula is C27H33N3O4S2. The van der Waals surface area contributed by atoms with Gasteiger partial charge in [0.05, 0.1) is 10.7 Å². The SMILES string of the molecule is O=C(O)CS(=O)(=O)NCCc1nc(-c2ccc(NCCc3ccc(C4CCCCC4)cc3)cc2)cs1. The second kappa shape index (κ2) is 12.5. The quantitative estimate of drug-likeness (QED) is 0.304. The predicted molar refractivity (Wildman–Crippen MR) is 145 cm³/mol. The Hall–Kier alpha value is -2.75. The van der Waals surface area contributed by atoms with Gasteiger partial charge in [-0.05, 0) is 48.4 Å². The van der Waals surface area contributed by atoms with Crippen LogP contribution in [0.25, 0.3) is 11.3 Å². The van der Waals surface area contributed by atoms with E-state index in [0.717, 1.165) is 40.8 Å². The smallest absolute Gasteiger partial charge is 0.320 e. The molecule has 192 valence electrons. The van der Waals surface area contributed by atoms with Gasteiger partial charge in [0.1, 0.15) is 0 Å². The van der Waals surface area contributed by atoms with E-state index in [9.17, 15) is 13.2 Å². The topological polar surface area (TPSA) is 108 Å². The van der Waals surface area contributed by atoms with Crippen molar-refractivity contribution >= 4 is 33.0 Å². The van der Waals surface area contributed by atoms with E-state index in [1.54, 1.807) is 0 Å². The first-order chi connectivity index (χ1) is 17.4. The molecule has 2 aromatic carbocycles. The Morgan fingerprint density at radius 2 is 1.69 bits per heavy atom. The fourth-order valence-corrected chi connectivity index (χ4v) is 6.24. The molecule has 1 heterocycles. The number of sulfonamides is 1. The van der Waals surface area contributed by atoms with Crippen LogP contribution in [0, 0.1) is 0 Å². The highest BCUT2D eigenvalue weighted by Crippen LogP contribution is 2.32. The van der Waals surface area contributed by atoms with Crippen LogP contribution in [-0.4, -0.2) is 43.3 Å². The molecule has 3 N–H and O–H groups in total. The highest BCUT2D eigenvalue weighted by atomic mass is 32.2. The van der Waals surface area contributed by atoms with Crippen molar-refractivity contribution in [2.75, 3.05) is 24.2 Å². The van der Waals surface area contributed by atoms with Gasteiger partial charge in [-0.15, -0.1) is 11.3 Å². The lowest BCUT2D eigenvalue weighted by atomic mass is 9.84. The van der Waals surface area contributed by atoms with Crippen molar-refractivity contribution in [2.45, 2.75) is 50.9 Å². The molecule has 0 amide bonds. The number of thiazole rings is 1. The number of nitrogens with zero attached hydrogens (tertiary/aromatic N) is 1. The van der Waals surface area contributed by atoms with Crippen LogP contribution >= 0.6 is 11.3 Å². The third kappa shape index (κ3) is 7.88. The number of hydrogen-bond donors (Lipinski definition) is 3. The second-order valence-electron chi connectivity index (χ2n) is 9.25. The predicted octanol–water partition coefficient (Wildman–Crippen LogP) is 5.06. The van der Waals surface area contributed by atoms with E-state index in [1.165, 1.54) is 54.6 Å². The van der Waals surface area contributed by atoms with E-state index in [0.29, 0.717) is 6.42 Å². The summed E-state index contributed by atoms with van der Waals surface area (Å²) in [5.41, 5.74) is 5.73. The molecule has 0 atom stereocenters. The summed E-state index contributed by atoms with van der Waals surface area (Å²) in [5, 5.41) is 14.9. The molecule has 0 radical (unpaired) electrons. The van der Waals surface area contributed by atoms with Crippen molar-refractivity contribution in [2.24, 2.45) is 0 Å². The molecule has 0 spiro atoms. The maximum atomic E-state index is 11.6. The number of nitrogens with one attached hydrogen (secondary N) is 2. The number of carboxylic acid groups (broad SMARTS) is 1. The van der Waals surface area contributed by atoms with E-state index >= 15 is 0 Å². The van der Waals surface area contributed by atoms with Crippen LogP contribution < -0.4 is 10.0 Å². The van der Waals surface area contributed by atoms with Crippen LogP contribution in [0.5, 0.6) is 0 Å². The van der Waals surface area contributed by atoms with Gasteiger partial charge in [0, 0.05) is 36.1 Å². The second-order valence-corrected chi connectivity index (χ2v) is 12.0. The minimum Gasteiger partial charge on any atom is -0.480 e. The number of benzene rings is 2. The normalized spacial score (nSPS) is 14.6. The van der Waals surface area contributed by atoms with Gasteiger partial charge in [-0.1, -0.05) is 55.7 Å². The van der Waals surface area contributed by atoms with Gasteiger partial charge in [-0.3, -0.25) is 4.79 Å². The number of aliphatic carboxylic acids is 1. The third-order valence-corrected chi connectivity index (χ3v) is 8.69. The first-order valence-corrected chi connectivity index (χ1v) is 15.0.